The SMILES string of the molecule is N[C@H](CCCO)c1ccc(OCc2ccccc2)cc1O. The largest absolute Gasteiger partial charge is 0.507 e. The molecule has 0 radical (unpaired) electrons. The van der Waals surface area contributed by atoms with Crippen LogP contribution >= 0.6 is 0 Å². The molecule has 0 aliphatic carbocycles. The third-order valence-corrected chi connectivity index (χ3v) is 3.32. The van der Waals surface area contributed by atoms with Crippen molar-refractivity contribution in [2.75, 3.05) is 6.61 Å². The summed E-state index contributed by atoms with van der Waals surface area (Å²) in [7, 11) is 0. The summed E-state index contributed by atoms with van der Waals surface area (Å²) < 4.78 is 5.65. The van der Waals surface area contributed by atoms with Crippen LogP contribution in [0.15, 0.2) is 48.5 Å². The number of ether oxygens (including phenoxy) is 1. The van der Waals surface area contributed by atoms with E-state index in [9.17, 15) is 5.11 Å². The second kappa shape index (κ2) is 7.67. The van der Waals surface area contributed by atoms with Crippen molar-refractivity contribution in [2.24, 2.45) is 5.73 Å². The Bertz CT molecular complexity index is 557. The summed E-state index contributed by atoms with van der Waals surface area (Å²) in [6.07, 6.45) is 1.25. The molecule has 0 unspecified atom stereocenters. The third-order valence-electron chi connectivity index (χ3n) is 3.32. The zero-order valence-corrected chi connectivity index (χ0v) is 11.9. The minimum absolute atomic E-state index is 0.104. The number of nitrogens with two attached hydrogens (primary N) is 1. The average molecular weight is 287 g/mol. The van der Waals surface area contributed by atoms with E-state index in [4.69, 9.17) is 15.6 Å². The maximum absolute atomic E-state index is 10.0. The Hall–Kier alpha value is -2.04. The summed E-state index contributed by atoms with van der Waals surface area (Å²) in [6.45, 7) is 0.558. The maximum Gasteiger partial charge on any atom is 0.124 e. The van der Waals surface area contributed by atoms with Gasteiger partial charge in [-0.3, -0.25) is 0 Å². The molecule has 0 fully saturated rings. The number of rotatable bonds is 7. The van der Waals surface area contributed by atoms with E-state index in [2.05, 4.69) is 0 Å². The van der Waals surface area contributed by atoms with Crippen LogP contribution in [0.3, 0.4) is 0 Å². The fourth-order valence-corrected chi connectivity index (χ4v) is 2.13. The molecular weight excluding hydrogens is 266 g/mol. The first-order chi connectivity index (χ1) is 10.2. The quantitative estimate of drug-likeness (QED) is 0.732. The molecular formula is C17H21NO3. The Morgan fingerprint density at radius 2 is 1.86 bits per heavy atom. The van der Waals surface area contributed by atoms with Crippen LogP contribution in [0.4, 0.5) is 0 Å². The normalized spacial score (nSPS) is 12.1. The first-order valence-electron chi connectivity index (χ1n) is 7.07. The van der Waals surface area contributed by atoms with Crippen molar-refractivity contribution >= 4 is 0 Å². The van der Waals surface area contributed by atoms with Crippen molar-refractivity contribution in [2.45, 2.75) is 25.5 Å². The van der Waals surface area contributed by atoms with Gasteiger partial charge in [0.1, 0.15) is 18.1 Å². The van der Waals surface area contributed by atoms with Gasteiger partial charge in [-0.2, -0.15) is 0 Å². The van der Waals surface area contributed by atoms with Gasteiger partial charge < -0.3 is 20.7 Å². The molecule has 0 bridgehead atoms. The van der Waals surface area contributed by atoms with Crippen LogP contribution in [-0.4, -0.2) is 16.8 Å². The Morgan fingerprint density at radius 3 is 2.52 bits per heavy atom. The van der Waals surface area contributed by atoms with Crippen molar-refractivity contribution in [1.29, 1.82) is 0 Å². The summed E-state index contributed by atoms with van der Waals surface area (Å²) in [4.78, 5) is 0. The molecule has 2 rings (SSSR count). The van der Waals surface area contributed by atoms with Gasteiger partial charge in [0.2, 0.25) is 0 Å². The minimum Gasteiger partial charge on any atom is -0.507 e. The van der Waals surface area contributed by atoms with Gasteiger partial charge in [-0.05, 0) is 24.5 Å². The van der Waals surface area contributed by atoms with E-state index >= 15 is 0 Å². The Balaban J connectivity index is 1.98. The average Bonchev–Trinajstić information content (AvgIpc) is 2.51. The number of benzene rings is 2. The van der Waals surface area contributed by atoms with Gasteiger partial charge >= 0.3 is 0 Å². The predicted octanol–water partition coefficient (Wildman–Crippen LogP) is 2.74. The molecule has 0 aliphatic rings. The molecule has 0 aliphatic heterocycles. The lowest BCUT2D eigenvalue weighted by Gasteiger charge is -2.14. The topological polar surface area (TPSA) is 75.7 Å². The Morgan fingerprint density at radius 1 is 1.10 bits per heavy atom. The van der Waals surface area contributed by atoms with Crippen LogP contribution < -0.4 is 10.5 Å². The molecule has 0 amide bonds. The van der Waals surface area contributed by atoms with Crippen molar-refractivity contribution in [3.63, 3.8) is 0 Å². The summed E-state index contributed by atoms with van der Waals surface area (Å²) in [5.74, 6) is 0.737. The Labute approximate surface area is 124 Å². The number of hydrogen-bond acceptors (Lipinski definition) is 4. The fourth-order valence-electron chi connectivity index (χ4n) is 2.13. The molecule has 21 heavy (non-hydrogen) atoms. The molecule has 112 valence electrons. The Kier molecular flexibility index (Phi) is 5.60. The van der Waals surface area contributed by atoms with Crippen molar-refractivity contribution in [3.05, 3.63) is 59.7 Å². The summed E-state index contributed by atoms with van der Waals surface area (Å²) in [5.41, 5.74) is 7.73. The summed E-state index contributed by atoms with van der Waals surface area (Å²) in [6, 6.07) is 14.7. The van der Waals surface area contributed by atoms with Gasteiger partial charge in [0, 0.05) is 24.3 Å². The molecule has 0 saturated heterocycles. The molecule has 0 spiro atoms. The van der Waals surface area contributed by atoms with Gasteiger partial charge in [-0.1, -0.05) is 36.4 Å². The lowest BCUT2D eigenvalue weighted by atomic mass is 10.0. The van der Waals surface area contributed by atoms with Crippen molar-refractivity contribution in [1.82, 2.24) is 0 Å². The molecule has 4 heteroatoms. The van der Waals surface area contributed by atoms with E-state index in [1.54, 1.807) is 18.2 Å². The smallest absolute Gasteiger partial charge is 0.124 e. The molecule has 4 nitrogen and oxygen atoms in total. The molecule has 4 N–H and O–H groups in total. The first-order valence-corrected chi connectivity index (χ1v) is 7.07. The maximum atomic E-state index is 10.0. The predicted molar refractivity (Wildman–Crippen MR) is 82.1 cm³/mol. The van der Waals surface area contributed by atoms with E-state index in [1.807, 2.05) is 30.3 Å². The summed E-state index contributed by atoms with van der Waals surface area (Å²) in [5, 5.41) is 18.9. The monoisotopic (exact) mass is 287 g/mol. The molecule has 0 saturated carbocycles. The van der Waals surface area contributed by atoms with Gasteiger partial charge in [0.15, 0.2) is 0 Å². The highest BCUT2D eigenvalue weighted by molar-refractivity contribution is 5.41. The number of aliphatic hydroxyl groups excluding tert-OH is 1. The van der Waals surface area contributed by atoms with Crippen LogP contribution in [0.2, 0.25) is 0 Å². The standard InChI is InChI=1S/C17H21NO3/c18-16(7-4-10-19)15-9-8-14(11-17(15)20)21-12-13-5-2-1-3-6-13/h1-3,5-6,8-9,11,16,19-20H,4,7,10,12,18H2/t16-/m1/s1. The van der Waals surface area contributed by atoms with E-state index in [1.165, 1.54) is 0 Å². The van der Waals surface area contributed by atoms with E-state index in [0.717, 1.165) is 5.56 Å². The van der Waals surface area contributed by atoms with Crippen LogP contribution in [0.5, 0.6) is 11.5 Å². The molecule has 2 aromatic carbocycles. The van der Waals surface area contributed by atoms with Crippen LogP contribution in [0.1, 0.15) is 30.0 Å². The molecule has 2 aromatic rings. The van der Waals surface area contributed by atoms with Gasteiger partial charge in [0.05, 0.1) is 0 Å². The molecule has 1 atom stereocenters. The van der Waals surface area contributed by atoms with Crippen molar-refractivity contribution in [3.8, 4) is 11.5 Å². The van der Waals surface area contributed by atoms with Crippen LogP contribution in [-0.2, 0) is 6.61 Å². The van der Waals surface area contributed by atoms with E-state index < -0.39 is 0 Å². The highest BCUT2D eigenvalue weighted by Gasteiger charge is 2.11. The second-order valence-electron chi connectivity index (χ2n) is 4.97. The molecule has 0 aromatic heterocycles. The van der Waals surface area contributed by atoms with Gasteiger partial charge in [-0.25, -0.2) is 0 Å². The van der Waals surface area contributed by atoms with Crippen LogP contribution in [0, 0.1) is 0 Å². The summed E-state index contributed by atoms with van der Waals surface area (Å²) >= 11 is 0. The third kappa shape index (κ3) is 4.48. The number of aliphatic hydroxyl groups is 1. The van der Waals surface area contributed by atoms with Crippen LogP contribution in [0.25, 0.3) is 0 Å². The highest BCUT2D eigenvalue weighted by atomic mass is 16.5. The number of aromatic hydroxyl groups is 1. The van der Waals surface area contributed by atoms with E-state index in [0.29, 0.717) is 30.8 Å². The number of hydrogen-bond donors (Lipinski definition) is 3. The zero-order chi connectivity index (χ0) is 15.1. The lowest BCUT2D eigenvalue weighted by molar-refractivity contribution is 0.279. The van der Waals surface area contributed by atoms with Gasteiger partial charge in [0.25, 0.3) is 0 Å². The highest BCUT2D eigenvalue weighted by Crippen LogP contribution is 2.29. The lowest BCUT2D eigenvalue weighted by Crippen LogP contribution is -2.11. The number of phenolic OH excluding ortho intramolecular Hbond substituents is 1. The van der Waals surface area contributed by atoms with E-state index in [-0.39, 0.29) is 18.4 Å². The van der Waals surface area contributed by atoms with Gasteiger partial charge in [-0.15, -0.1) is 0 Å². The zero-order valence-electron chi connectivity index (χ0n) is 11.9. The number of phenols is 1. The molecule has 0 heterocycles. The minimum atomic E-state index is -0.277. The fraction of sp³-hybridized carbons (Fsp3) is 0.294. The van der Waals surface area contributed by atoms with Crippen molar-refractivity contribution < 1.29 is 14.9 Å². The first kappa shape index (κ1) is 15.4. The second-order valence-corrected chi connectivity index (χ2v) is 4.97.